The van der Waals surface area contributed by atoms with Gasteiger partial charge >= 0.3 is 6.18 Å². The molecule has 5 nitrogen and oxygen atoms in total. The predicted molar refractivity (Wildman–Crippen MR) is 88.9 cm³/mol. The lowest BCUT2D eigenvalue weighted by atomic mass is 10.3. The number of ether oxygens (including phenoxy) is 1. The van der Waals surface area contributed by atoms with Crippen molar-refractivity contribution < 1.29 is 22.7 Å². The minimum atomic E-state index is -4.38. The van der Waals surface area contributed by atoms with E-state index in [1.807, 2.05) is 10.2 Å². The maximum absolute atomic E-state index is 12.1. The molecule has 0 unspecified atom stereocenters. The molecule has 1 amide bonds. The van der Waals surface area contributed by atoms with Crippen LogP contribution in [-0.2, 0) is 4.79 Å². The number of nitrogens with zero attached hydrogens (tertiary/aromatic N) is 2. The Morgan fingerprint density at radius 3 is 2.32 bits per heavy atom. The quantitative estimate of drug-likeness (QED) is 0.787. The average Bonchev–Trinajstić information content (AvgIpc) is 2.56. The molecule has 1 aromatic carbocycles. The van der Waals surface area contributed by atoms with Crippen molar-refractivity contribution in [2.24, 2.45) is 0 Å². The molecule has 1 aromatic rings. The van der Waals surface area contributed by atoms with Crippen LogP contribution in [0.4, 0.5) is 13.2 Å². The van der Waals surface area contributed by atoms with E-state index in [0.29, 0.717) is 24.7 Å². The van der Waals surface area contributed by atoms with Gasteiger partial charge in [0.1, 0.15) is 18.9 Å². The number of nitrogens with one attached hydrogen (secondary N) is 1. The normalized spacial score (nSPS) is 16.6. The van der Waals surface area contributed by atoms with Crippen LogP contribution in [0.15, 0.2) is 24.3 Å². The number of carbonyl (C=O) groups excluding carboxylic acids is 1. The molecule has 1 saturated heterocycles. The van der Waals surface area contributed by atoms with Crippen molar-refractivity contribution in [2.75, 3.05) is 52.4 Å². The van der Waals surface area contributed by atoms with Crippen molar-refractivity contribution in [3.05, 3.63) is 29.3 Å². The van der Waals surface area contributed by atoms with Crippen LogP contribution in [0, 0.1) is 0 Å². The lowest BCUT2D eigenvalue weighted by molar-refractivity contribution is -0.139. The molecule has 1 aliphatic heterocycles. The third-order valence-electron chi connectivity index (χ3n) is 3.81. The van der Waals surface area contributed by atoms with E-state index in [1.165, 1.54) is 0 Å². The number of amides is 1. The largest absolute Gasteiger partial charge is 0.492 e. The van der Waals surface area contributed by atoms with E-state index in [-0.39, 0.29) is 6.54 Å². The number of rotatable bonds is 7. The summed E-state index contributed by atoms with van der Waals surface area (Å²) < 4.78 is 41.8. The maximum atomic E-state index is 12.1. The monoisotopic (exact) mass is 379 g/mol. The van der Waals surface area contributed by atoms with Gasteiger partial charge in [-0.3, -0.25) is 14.6 Å². The Morgan fingerprint density at radius 2 is 1.72 bits per heavy atom. The van der Waals surface area contributed by atoms with Crippen molar-refractivity contribution >= 4 is 17.5 Å². The highest BCUT2D eigenvalue weighted by atomic mass is 35.5. The molecule has 1 aliphatic rings. The van der Waals surface area contributed by atoms with Crippen molar-refractivity contribution in [3.8, 4) is 5.75 Å². The standard InChI is InChI=1S/C16H21ClF3N3O2/c17-13-1-3-14(4-2-13)25-10-9-22-5-7-23(8-6-22)11-15(24)21-12-16(18,19)20/h1-4H,5-12H2,(H,21,24). The first kappa shape index (κ1) is 19.8. The van der Waals surface area contributed by atoms with Crippen LogP contribution in [0.1, 0.15) is 0 Å². The number of piperazine rings is 1. The molecule has 1 fully saturated rings. The zero-order valence-corrected chi connectivity index (χ0v) is 14.4. The second kappa shape index (κ2) is 9.26. The second-order valence-electron chi connectivity index (χ2n) is 5.81. The summed E-state index contributed by atoms with van der Waals surface area (Å²) >= 11 is 5.81. The van der Waals surface area contributed by atoms with E-state index in [4.69, 9.17) is 16.3 Å². The molecule has 0 saturated carbocycles. The van der Waals surface area contributed by atoms with Gasteiger partial charge in [-0.1, -0.05) is 11.6 Å². The topological polar surface area (TPSA) is 44.8 Å². The molecule has 25 heavy (non-hydrogen) atoms. The van der Waals surface area contributed by atoms with Crippen LogP contribution >= 0.6 is 11.6 Å². The van der Waals surface area contributed by atoms with Gasteiger partial charge < -0.3 is 10.1 Å². The molecular formula is C16H21ClF3N3O2. The molecule has 140 valence electrons. The number of hydrogen-bond acceptors (Lipinski definition) is 4. The average molecular weight is 380 g/mol. The van der Waals surface area contributed by atoms with Gasteiger partial charge in [0.2, 0.25) is 5.91 Å². The predicted octanol–water partition coefficient (Wildman–Crippen LogP) is 2.01. The highest BCUT2D eigenvalue weighted by Crippen LogP contribution is 2.15. The van der Waals surface area contributed by atoms with Crippen LogP contribution in [0.5, 0.6) is 5.75 Å². The van der Waals surface area contributed by atoms with E-state index in [1.54, 1.807) is 24.3 Å². The van der Waals surface area contributed by atoms with Crippen molar-refractivity contribution in [1.82, 2.24) is 15.1 Å². The third-order valence-corrected chi connectivity index (χ3v) is 4.06. The van der Waals surface area contributed by atoms with Crippen LogP contribution in [0.25, 0.3) is 0 Å². The molecule has 1 N–H and O–H groups in total. The fraction of sp³-hybridized carbons (Fsp3) is 0.562. The van der Waals surface area contributed by atoms with E-state index < -0.39 is 18.6 Å². The maximum Gasteiger partial charge on any atom is 0.405 e. The fourth-order valence-electron chi connectivity index (χ4n) is 2.45. The van der Waals surface area contributed by atoms with Gasteiger partial charge in [0.05, 0.1) is 6.54 Å². The first-order valence-corrected chi connectivity index (χ1v) is 8.36. The fourth-order valence-corrected chi connectivity index (χ4v) is 2.58. The first-order valence-electron chi connectivity index (χ1n) is 7.98. The Balaban J connectivity index is 1.59. The summed E-state index contributed by atoms with van der Waals surface area (Å²) in [5.74, 6) is 0.154. The highest BCUT2D eigenvalue weighted by molar-refractivity contribution is 6.30. The number of halogens is 4. The molecule has 9 heteroatoms. The lowest BCUT2D eigenvalue weighted by Gasteiger charge is -2.34. The van der Waals surface area contributed by atoms with Crippen molar-refractivity contribution in [3.63, 3.8) is 0 Å². The van der Waals surface area contributed by atoms with Gasteiger partial charge in [0, 0.05) is 37.7 Å². The van der Waals surface area contributed by atoms with Gasteiger partial charge in [0.25, 0.3) is 0 Å². The van der Waals surface area contributed by atoms with Crippen molar-refractivity contribution in [1.29, 1.82) is 0 Å². The van der Waals surface area contributed by atoms with E-state index in [9.17, 15) is 18.0 Å². The van der Waals surface area contributed by atoms with E-state index in [0.717, 1.165) is 25.4 Å². The number of carbonyl (C=O) groups is 1. The Labute approximate surface area is 149 Å². The summed E-state index contributed by atoms with van der Waals surface area (Å²) in [6, 6.07) is 7.14. The van der Waals surface area contributed by atoms with Crippen LogP contribution < -0.4 is 10.1 Å². The SMILES string of the molecule is O=C(CN1CCN(CCOc2ccc(Cl)cc2)CC1)NCC(F)(F)F. The smallest absolute Gasteiger partial charge is 0.405 e. The van der Waals surface area contributed by atoms with Crippen LogP contribution in [0.2, 0.25) is 5.02 Å². The highest BCUT2D eigenvalue weighted by Gasteiger charge is 2.28. The first-order chi connectivity index (χ1) is 11.8. The van der Waals surface area contributed by atoms with Crippen molar-refractivity contribution in [2.45, 2.75) is 6.18 Å². The molecule has 0 aromatic heterocycles. The Bertz CT molecular complexity index is 547. The minimum Gasteiger partial charge on any atom is -0.492 e. The lowest BCUT2D eigenvalue weighted by Crippen LogP contribution is -2.50. The number of alkyl halides is 3. The molecule has 0 aliphatic carbocycles. The molecule has 1 heterocycles. The van der Waals surface area contributed by atoms with Gasteiger partial charge in [-0.05, 0) is 24.3 Å². The summed E-state index contributed by atoms with van der Waals surface area (Å²) in [7, 11) is 0. The van der Waals surface area contributed by atoms with Gasteiger partial charge in [-0.15, -0.1) is 0 Å². The summed E-state index contributed by atoms with van der Waals surface area (Å²) in [4.78, 5) is 15.5. The molecule has 0 radical (unpaired) electrons. The zero-order valence-electron chi connectivity index (χ0n) is 13.7. The Hall–Kier alpha value is -1.51. The summed E-state index contributed by atoms with van der Waals surface area (Å²) in [5, 5.41) is 2.54. The van der Waals surface area contributed by atoms with E-state index in [2.05, 4.69) is 4.90 Å². The Morgan fingerprint density at radius 1 is 1.12 bits per heavy atom. The second-order valence-corrected chi connectivity index (χ2v) is 6.25. The number of hydrogen-bond donors (Lipinski definition) is 1. The summed E-state index contributed by atoms with van der Waals surface area (Å²) in [5.41, 5.74) is 0. The molecular weight excluding hydrogens is 359 g/mol. The number of benzene rings is 1. The van der Waals surface area contributed by atoms with Crippen LogP contribution in [-0.4, -0.2) is 74.3 Å². The summed E-state index contributed by atoms with van der Waals surface area (Å²) in [6.07, 6.45) is -4.38. The molecule has 0 atom stereocenters. The van der Waals surface area contributed by atoms with Gasteiger partial charge in [0.15, 0.2) is 0 Å². The molecule has 0 spiro atoms. The molecule has 2 rings (SSSR count). The molecule has 0 bridgehead atoms. The zero-order chi connectivity index (χ0) is 18.3. The third kappa shape index (κ3) is 7.94. The van der Waals surface area contributed by atoms with Gasteiger partial charge in [-0.25, -0.2) is 0 Å². The van der Waals surface area contributed by atoms with Gasteiger partial charge in [-0.2, -0.15) is 13.2 Å². The van der Waals surface area contributed by atoms with Crippen LogP contribution in [0.3, 0.4) is 0 Å². The van der Waals surface area contributed by atoms with E-state index >= 15 is 0 Å². The summed E-state index contributed by atoms with van der Waals surface area (Å²) in [6.45, 7) is 2.76. The minimum absolute atomic E-state index is 0.00874. The Kier molecular flexibility index (Phi) is 7.34.